The van der Waals surface area contributed by atoms with Crippen LogP contribution in [0.2, 0.25) is 0 Å². The fourth-order valence-corrected chi connectivity index (χ4v) is 1.73. The lowest BCUT2D eigenvalue weighted by atomic mass is 10.1. The van der Waals surface area contributed by atoms with Crippen molar-refractivity contribution >= 4 is 0 Å². The third kappa shape index (κ3) is 6.09. The van der Waals surface area contributed by atoms with Gasteiger partial charge in [0, 0.05) is 6.54 Å². The Morgan fingerprint density at radius 2 is 2.00 bits per heavy atom. The predicted octanol–water partition coefficient (Wildman–Crippen LogP) is 3.85. The Morgan fingerprint density at radius 1 is 1.29 bits per heavy atom. The van der Waals surface area contributed by atoms with Gasteiger partial charge in [-0.25, -0.2) is 0 Å². The highest BCUT2D eigenvalue weighted by atomic mass is 19.4. The van der Waals surface area contributed by atoms with Crippen molar-refractivity contribution in [3.8, 4) is 17.6 Å². The summed E-state index contributed by atoms with van der Waals surface area (Å²) in [6.45, 7) is 6.80. The second-order valence-electron chi connectivity index (χ2n) is 5.07. The summed E-state index contributed by atoms with van der Waals surface area (Å²) >= 11 is 0. The number of benzene rings is 1. The summed E-state index contributed by atoms with van der Waals surface area (Å²) < 4.78 is 44.2. The minimum absolute atomic E-state index is 0.0511. The summed E-state index contributed by atoms with van der Waals surface area (Å²) in [6.07, 6.45) is -4.44. The Balaban J connectivity index is 2.87. The first kappa shape index (κ1) is 17.4. The summed E-state index contributed by atoms with van der Waals surface area (Å²) in [5, 5.41) is 3.12. The van der Waals surface area contributed by atoms with Gasteiger partial charge >= 0.3 is 6.18 Å². The van der Waals surface area contributed by atoms with Crippen molar-refractivity contribution in [2.24, 2.45) is 5.92 Å². The van der Waals surface area contributed by atoms with Gasteiger partial charge in [-0.15, -0.1) is 5.92 Å². The summed E-state index contributed by atoms with van der Waals surface area (Å²) in [7, 11) is 0. The van der Waals surface area contributed by atoms with E-state index < -0.39 is 11.7 Å². The maximum absolute atomic E-state index is 13.1. The number of hydrogen-bond acceptors (Lipinski definition) is 2. The molecule has 0 aliphatic heterocycles. The van der Waals surface area contributed by atoms with Gasteiger partial charge in [0.05, 0.1) is 5.56 Å². The molecular weight excluding hydrogens is 279 g/mol. The average Bonchev–Trinajstić information content (AvgIpc) is 2.38. The van der Waals surface area contributed by atoms with Crippen molar-refractivity contribution in [1.29, 1.82) is 0 Å². The molecule has 0 bridgehead atoms. The van der Waals surface area contributed by atoms with Crippen molar-refractivity contribution in [2.75, 3.05) is 13.2 Å². The molecule has 0 aliphatic rings. The third-order valence-electron chi connectivity index (χ3n) is 2.71. The van der Waals surface area contributed by atoms with Crippen molar-refractivity contribution in [2.45, 2.75) is 33.5 Å². The normalized spacial score (nSPS) is 11.2. The van der Waals surface area contributed by atoms with Crippen molar-refractivity contribution in [1.82, 2.24) is 5.32 Å². The van der Waals surface area contributed by atoms with Gasteiger partial charge in [-0.05, 0) is 37.1 Å². The van der Waals surface area contributed by atoms with Crippen LogP contribution < -0.4 is 10.1 Å². The number of hydrogen-bond donors (Lipinski definition) is 1. The second kappa shape index (κ2) is 7.94. The Morgan fingerprint density at radius 3 is 2.57 bits per heavy atom. The molecule has 116 valence electrons. The second-order valence-corrected chi connectivity index (χ2v) is 5.07. The molecule has 0 atom stereocenters. The third-order valence-corrected chi connectivity index (χ3v) is 2.71. The van der Waals surface area contributed by atoms with E-state index in [4.69, 9.17) is 4.74 Å². The summed E-state index contributed by atoms with van der Waals surface area (Å²) in [6, 6.07) is 4.12. The lowest BCUT2D eigenvalue weighted by Gasteiger charge is -2.15. The molecule has 0 saturated carbocycles. The van der Waals surface area contributed by atoms with Crippen LogP contribution in [-0.4, -0.2) is 13.2 Å². The highest BCUT2D eigenvalue weighted by Crippen LogP contribution is 2.36. The summed E-state index contributed by atoms with van der Waals surface area (Å²) in [4.78, 5) is 0. The minimum Gasteiger partial charge on any atom is -0.480 e. The van der Waals surface area contributed by atoms with Crippen molar-refractivity contribution in [3.05, 3.63) is 29.3 Å². The molecule has 1 aromatic carbocycles. The van der Waals surface area contributed by atoms with Crippen LogP contribution in [0.1, 0.15) is 31.9 Å². The monoisotopic (exact) mass is 299 g/mol. The molecule has 5 heteroatoms. The zero-order valence-electron chi connectivity index (χ0n) is 12.5. The number of rotatable bonds is 6. The first-order valence-electron chi connectivity index (χ1n) is 6.77. The van der Waals surface area contributed by atoms with E-state index in [1.807, 2.05) is 13.8 Å². The van der Waals surface area contributed by atoms with E-state index >= 15 is 0 Å². The topological polar surface area (TPSA) is 21.3 Å². The van der Waals surface area contributed by atoms with Gasteiger partial charge < -0.3 is 10.1 Å². The summed E-state index contributed by atoms with van der Waals surface area (Å²) in [5.41, 5.74) is -0.179. The van der Waals surface area contributed by atoms with Gasteiger partial charge in [-0.1, -0.05) is 25.8 Å². The van der Waals surface area contributed by atoms with E-state index in [-0.39, 0.29) is 12.4 Å². The minimum atomic E-state index is -4.44. The van der Waals surface area contributed by atoms with E-state index in [1.165, 1.54) is 6.07 Å². The molecule has 1 aromatic rings. The molecule has 0 amide bonds. The number of alkyl halides is 3. The quantitative estimate of drug-likeness (QED) is 0.806. The van der Waals surface area contributed by atoms with Crippen LogP contribution in [0.4, 0.5) is 13.2 Å². The molecule has 0 unspecified atom stereocenters. The number of nitrogens with one attached hydrogen (secondary N) is 1. The molecule has 0 heterocycles. The summed E-state index contributed by atoms with van der Waals surface area (Å²) in [5.74, 6) is 5.43. The van der Waals surface area contributed by atoms with Gasteiger partial charge in [0.1, 0.15) is 12.4 Å². The Labute approximate surface area is 123 Å². The smallest absolute Gasteiger partial charge is 0.419 e. The molecule has 1 rings (SSSR count). The average molecular weight is 299 g/mol. The van der Waals surface area contributed by atoms with Crippen LogP contribution in [0.15, 0.2) is 18.2 Å². The van der Waals surface area contributed by atoms with Crippen molar-refractivity contribution in [3.63, 3.8) is 0 Å². The van der Waals surface area contributed by atoms with Crippen LogP contribution in [0.25, 0.3) is 0 Å². The fraction of sp³-hybridized carbons (Fsp3) is 0.500. The lowest BCUT2D eigenvalue weighted by Crippen LogP contribution is -2.19. The van der Waals surface area contributed by atoms with Gasteiger partial charge in [-0.3, -0.25) is 0 Å². The van der Waals surface area contributed by atoms with Gasteiger partial charge in [0.15, 0.2) is 0 Å². The van der Waals surface area contributed by atoms with Crippen molar-refractivity contribution < 1.29 is 17.9 Å². The van der Waals surface area contributed by atoms with E-state index in [9.17, 15) is 13.2 Å². The molecule has 21 heavy (non-hydrogen) atoms. The highest BCUT2D eigenvalue weighted by Gasteiger charge is 2.34. The first-order chi connectivity index (χ1) is 9.84. The maximum Gasteiger partial charge on any atom is 0.419 e. The van der Waals surface area contributed by atoms with Crippen LogP contribution in [0, 0.1) is 17.8 Å². The molecule has 2 nitrogen and oxygen atoms in total. The SMILES string of the molecule is CC#CCOc1ccc(CNCC(C)C)cc1C(F)(F)F. The largest absolute Gasteiger partial charge is 0.480 e. The molecule has 0 aromatic heterocycles. The Bertz CT molecular complexity index is 512. The van der Waals surface area contributed by atoms with Gasteiger partial charge in [-0.2, -0.15) is 13.2 Å². The molecule has 0 spiro atoms. The van der Waals surface area contributed by atoms with Gasteiger partial charge in [0.2, 0.25) is 0 Å². The number of halogens is 3. The van der Waals surface area contributed by atoms with E-state index in [1.54, 1.807) is 13.0 Å². The Hall–Kier alpha value is -1.67. The van der Waals surface area contributed by atoms with E-state index in [2.05, 4.69) is 17.2 Å². The fourth-order valence-electron chi connectivity index (χ4n) is 1.73. The molecule has 0 radical (unpaired) electrons. The van der Waals surface area contributed by atoms with Crippen LogP contribution in [0.3, 0.4) is 0 Å². The van der Waals surface area contributed by atoms with Crippen LogP contribution in [0.5, 0.6) is 5.75 Å². The first-order valence-corrected chi connectivity index (χ1v) is 6.77. The maximum atomic E-state index is 13.1. The predicted molar refractivity (Wildman–Crippen MR) is 76.9 cm³/mol. The highest BCUT2D eigenvalue weighted by molar-refractivity contribution is 5.39. The number of ether oxygens (including phenoxy) is 1. The molecule has 0 saturated heterocycles. The van der Waals surface area contributed by atoms with E-state index in [0.29, 0.717) is 18.0 Å². The lowest BCUT2D eigenvalue weighted by molar-refractivity contribution is -0.138. The van der Waals surface area contributed by atoms with Crippen LogP contribution in [-0.2, 0) is 12.7 Å². The molecular formula is C16H20F3NO. The van der Waals surface area contributed by atoms with E-state index in [0.717, 1.165) is 12.6 Å². The molecule has 0 fully saturated rings. The Kier molecular flexibility index (Phi) is 6.57. The van der Waals surface area contributed by atoms with Gasteiger partial charge in [0.25, 0.3) is 0 Å². The van der Waals surface area contributed by atoms with Crippen LogP contribution >= 0.6 is 0 Å². The molecule has 1 N–H and O–H groups in total. The zero-order chi connectivity index (χ0) is 15.9. The standard InChI is InChI=1S/C16H20F3NO/c1-4-5-8-21-15-7-6-13(11-20-10-12(2)3)9-14(15)16(17,18)19/h6-7,9,12,20H,8,10-11H2,1-3H3. The zero-order valence-corrected chi connectivity index (χ0v) is 12.5. The molecule has 0 aliphatic carbocycles.